The molecular formula is C15H19N3O4S. The number of sulfone groups is 1. The van der Waals surface area contributed by atoms with Crippen molar-refractivity contribution in [3.8, 4) is 0 Å². The highest BCUT2D eigenvalue weighted by atomic mass is 32.2. The fourth-order valence-electron chi connectivity index (χ4n) is 2.64. The van der Waals surface area contributed by atoms with Crippen LogP contribution in [0.4, 0.5) is 5.69 Å². The molecular weight excluding hydrogens is 318 g/mol. The monoisotopic (exact) mass is 337 g/mol. The molecule has 124 valence electrons. The average molecular weight is 337 g/mol. The Bertz CT molecular complexity index is 752. The van der Waals surface area contributed by atoms with Gasteiger partial charge in [0, 0.05) is 19.1 Å². The van der Waals surface area contributed by atoms with Gasteiger partial charge in [0.2, 0.25) is 14.9 Å². The molecule has 0 aromatic heterocycles. The number of rotatable bonds is 2. The Hall–Kier alpha value is -1.93. The molecule has 0 N–H and O–H groups in total. The lowest BCUT2D eigenvalue weighted by molar-refractivity contribution is -0.127. The summed E-state index contributed by atoms with van der Waals surface area (Å²) in [6, 6.07) is 6.55. The van der Waals surface area contributed by atoms with Gasteiger partial charge in [-0.3, -0.25) is 9.80 Å². The lowest BCUT2D eigenvalue weighted by Gasteiger charge is -2.32. The second-order valence-electron chi connectivity index (χ2n) is 5.72. The number of carbonyl (C=O) groups is 1. The number of hydrazone groups is 1. The van der Waals surface area contributed by atoms with E-state index in [1.807, 2.05) is 13.8 Å². The number of nitrogens with zero attached hydrogens (tertiary/aromatic N) is 3. The average Bonchev–Trinajstić information content (AvgIpc) is 2.55. The van der Waals surface area contributed by atoms with E-state index in [-0.39, 0.29) is 10.9 Å². The van der Waals surface area contributed by atoms with Gasteiger partial charge in [0.05, 0.1) is 23.8 Å². The molecule has 2 aliphatic rings. The Kier molecular flexibility index (Phi) is 4.11. The maximum Gasteiger partial charge on any atom is 0.286 e. The van der Waals surface area contributed by atoms with Crippen molar-refractivity contribution in [3.63, 3.8) is 0 Å². The van der Waals surface area contributed by atoms with Crippen LogP contribution < -0.4 is 5.01 Å². The van der Waals surface area contributed by atoms with E-state index in [0.29, 0.717) is 32.0 Å². The van der Waals surface area contributed by atoms with Gasteiger partial charge in [-0.1, -0.05) is 12.1 Å². The molecule has 0 bridgehead atoms. The Morgan fingerprint density at radius 1 is 1.22 bits per heavy atom. The third kappa shape index (κ3) is 2.72. The van der Waals surface area contributed by atoms with Crippen molar-refractivity contribution < 1.29 is 17.9 Å². The zero-order chi connectivity index (χ0) is 16.6. The minimum atomic E-state index is -3.92. The van der Waals surface area contributed by atoms with Crippen molar-refractivity contribution in [2.45, 2.75) is 24.8 Å². The zero-order valence-corrected chi connectivity index (χ0v) is 13.9. The first-order valence-electron chi connectivity index (χ1n) is 7.52. The molecule has 0 atom stereocenters. The fourth-order valence-corrected chi connectivity index (χ4v) is 4.09. The van der Waals surface area contributed by atoms with Crippen molar-refractivity contribution in [1.82, 2.24) is 4.90 Å². The minimum absolute atomic E-state index is 0.0702. The van der Waals surface area contributed by atoms with E-state index >= 15 is 0 Å². The smallest absolute Gasteiger partial charge is 0.286 e. The molecule has 23 heavy (non-hydrogen) atoms. The van der Waals surface area contributed by atoms with Crippen molar-refractivity contribution in [3.05, 3.63) is 24.3 Å². The van der Waals surface area contributed by atoms with Gasteiger partial charge < -0.3 is 9.64 Å². The number of ether oxygens (including phenoxy) is 1. The summed E-state index contributed by atoms with van der Waals surface area (Å²) >= 11 is 0. The van der Waals surface area contributed by atoms with Crippen LogP contribution in [0.2, 0.25) is 0 Å². The fraction of sp³-hybridized carbons (Fsp3) is 0.467. The van der Waals surface area contributed by atoms with Crippen molar-refractivity contribution in [2.24, 2.45) is 5.10 Å². The van der Waals surface area contributed by atoms with Crippen molar-refractivity contribution in [1.29, 1.82) is 0 Å². The summed E-state index contributed by atoms with van der Waals surface area (Å²) in [5.41, 5.74) is 0.501. The largest absolute Gasteiger partial charge is 0.378 e. The third-order valence-electron chi connectivity index (χ3n) is 3.83. The zero-order valence-electron chi connectivity index (χ0n) is 13.1. The summed E-state index contributed by atoms with van der Waals surface area (Å²) in [5, 5.41) is 5.36. The normalized spacial score (nSPS) is 20.2. The highest BCUT2D eigenvalue weighted by Gasteiger charge is 2.40. The predicted molar refractivity (Wildman–Crippen MR) is 86.1 cm³/mol. The van der Waals surface area contributed by atoms with E-state index in [1.165, 1.54) is 11.0 Å². The molecule has 0 radical (unpaired) electrons. The molecule has 3 rings (SSSR count). The summed E-state index contributed by atoms with van der Waals surface area (Å²) in [6.07, 6.45) is 0. The lowest BCUT2D eigenvalue weighted by atomic mass is 10.2. The Morgan fingerprint density at radius 2 is 1.87 bits per heavy atom. The van der Waals surface area contributed by atoms with E-state index < -0.39 is 20.8 Å². The molecule has 2 heterocycles. The van der Waals surface area contributed by atoms with E-state index in [1.54, 1.807) is 23.2 Å². The Labute approximate surface area is 135 Å². The number of amides is 1. The van der Waals surface area contributed by atoms with Gasteiger partial charge in [0.1, 0.15) is 0 Å². The summed E-state index contributed by atoms with van der Waals surface area (Å²) in [4.78, 5) is 14.3. The van der Waals surface area contributed by atoms with E-state index in [2.05, 4.69) is 5.10 Å². The topological polar surface area (TPSA) is 79.3 Å². The van der Waals surface area contributed by atoms with Crippen LogP contribution in [-0.4, -0.2) is 56.6 Å². The quantitative estimate of drug-likeness (QED) is 0.800. The number of fused-ring (bicyclic) bond motifs is 1. The summed E-state index contributed by atoms with van der Waals surface area (Å²) < 4.78 is 30.9. The maximum absolute atomic E-state index is 12.8. The second kappa shape index (κ2) is 5.93. The van der Waals surface area contributed by atoms with Gasteiger partial charge >= 0.3 is 0 Å². The lowest BCUT2D eigenvalue weighted by Crippen LogP contribution is -2.48. The number of benzene rings is 1. The standard InChI is InChI=1S/C15H19N3O4S/c1-11(2)18-12-5-3-4-6-13(12)23(20,21)14(16-18)15(19)17-7-9-22-10-8-17/h3-6,11H,7-10H2,1-2H3. The van der Waals surface area contributed by atoms with Crippen LogP contribution in [0.25, 0.3) is 0 Å². The van der Waals surface area contributed by atoms with Gasteiger partial charge in [-0.25, -0.2) is 8.42 Å². The van der Waals surface area contributed by atoms with Crippen LogP contribution in [0.1, 0.15) is 13.8 Å². The van der Waals surface area contributed by atoms with E-state index in [4.69, 9.17) is 4.74 Å². The molecule has 0 aliphatic carbocycles. The van der Waals surface area contributed by atoms with Crippen LogP contribution in [0, 0.1) is 0 Å². The first-order chi connectivity index (χ1) is 10.9. The highest BCUT2D eigenvalue weighted by Crippen LogP contribution is 2.33. The Morgan fingerprint density at radius 3 is 2.52 bits per heavy atom. The van der Waals surface area contributed by atoms with Gasteiger partial charge in [0.25, 0.3) is 5.91 Å². The van der Waals surface area contributed by atoms with Gasteiger partial charge in [-0.15, -0.1) is 0 Å². The number of para-hydroxylation sites is 1. The van der Waals surface area contributed by atoms with E-state index in [0.717, 1.165) is 0 Å². The van der Waals surface area contributed by atoms with Gasteiger partial charge in [0.15, 0.2) is 0 Å². The number of morpholine rings is 1. The minimum Gasteiger partial charge on any atom is -0.378 e. The highest BCUT2D eigenvalue weighted by molar-refractivity contribution is 8.08. The van der Waals surface area contributed by atoms with Gasteiger partial charge in [-0.05, 0) is 26.0 Å². The number of hydrogen-bond acceptors (Lipinski definition) is 6. The molecule has 0 spiro atoms. The summed E-state index contributed by atoms with van der Waals surface area (Å²) in [7, 11) is -3.92. The molecule has 1 aromatic rings. The molecule has 0 saturated carbocycles. The molecule has 1 fully saturated rings. The number of anilines is 1. The first-order valence-corrected chi connectivity index (χ1v) is 9.00. The van der Waals surface area contributed by atoms with Crippen LogP contribution in [0.3, 0.4) is 0 Å². The van der Waals surface area contributed by atoms with Crippen LogP contribution in [-0.2, 0) is 19.4 Å². The third-order valence-corrected chi connectivity index (χ3v) is 5.51. The summed E-state index contributed by atoms with van der Waals surface area (Å²) in [6.45, 7) is 5.35. The first kappa shape index (κ1) is 15.9. The van der Waals surface area contributed by atoms with Gasteiger partial charge in [-0.2, -0.15) is 5.10 Å². The maximum atomic E-state index is 12.8. The van der Waals surface area contributed by atoms with Crippen molar-refractivity contribution in [2.75, 3.05) is 31.3 Å². The van der Waals surface area contributed by atoms with Crippen LogP contribution >= 0.6 is 0 Å². The molecule has 2 aliphatic heterocycles. The molecule has 8 heteroatoms. The van der Waals surface area contributed by atoms with Crippen LogP contribution in [0.15, 0.2) is 34.3 Å². The van der Waals surface area contributed by atoms with E-state index in [9.17, 15) is 13.2 Å². The van der Waals surface area contributed by atoms with Crippen molar-refractivity contribution >= 4 is 26.5 Å². The second-order valence-corrected chi connectivity index (χ2v) is 7.55. The molecule has 1 aromatic carbocycles. The van der Waals surface area contributed by atoms with Crippen LogP contribution in [0.5, 0.6) is 0 Å². The predicted octanol–water partition coefficient (Wildman–Crippen LogP) is 0.861. The molecule has 1 saturated heterocycles. The molecule has 0 unspecified atom stereocenters. The summed E-state index contributed by atoms with van der Waals surface area (Å²) in [5.74, 6) is -0.562. The molecule has 7 nitrogen and oxygen atoms in total. The Balaban J connectivity index is 2.07. The SMILES string of the molecule is CC(C)N1N=C(C(=O)N2CCOCC2)S(=O)(=O)c2ccccc21. The number of hydrogen-bond donors (Lipinski definition) is 0. The molecule has 1 amide bonds. The number of carbonyl (C=O) groups excluding carboxylic acids is 1.